The van der Waals surface area contributed by atoms with Crippen molar-refractivity contribution in [3.63, 3.8) is 0 Å². The van der Waals surface area contributed by atoms with Gasteiger partial charge in [-0.15, -0.1) is 0 Å². The lowest BCUT2D eigenvalue weighted by atomic mass is 10.1. The first-order chi connectivity index (χ1) is 13.9. The van der Waals surface area contributed by atoms with E-state index in [2.05, 4.69) is 16.2 Å². The Balaban J connectivity index is 1.37. The van der Waals surface area contributed by atoms with Gasteiger partial charge in [0.05, 0.1) is 5.54 Å². The molecule has 0 radical (unpaired) electrons. The van der Waals surface area contributed by atoms with Gasteiger partial charge >= 0.3 is 6.03 Å². The van der Waals surface area contributed by atoms with Crippen LogP contribution in [0, 0.1) is 5.82 Å². The van der Waals surface area contributed by atoms with Crippen LogP contribution in [0.5, 0.6) is 5.75 Å². The lowest BCUT2D eigenvalue weighted by Crippen LogP contribution is -2.41. The third kappa shape index (κ3) is 5.83. The molecule has 1 aliphatic heterocycles. The summed E-state index contributed by atoms with van der Waals surface area (Å²) in [5.41, 5.74) is 6.86. The van der Waals surface area contributed by atoms with Crippen LogP contribution in [0.1, 0.15) is 37.7 Å². The standard InChI is InChI=1S/C19H25F3N4O3/c20-14-5-4-13(10-15(14)29-12-16(21)22)19(6-7-19)25-23-8-2-1-3-9-26-11-17(27)24-18(26)28/h4-5,10,16,23,25H,1-3,6-9,11-12H2,(H,24,27,28). The summed E-state index contributed by atoms with van der Waals surface area (Å²) < 4.78 is 43.2. The van der Waals surface area contributed by atoms with Gasteiger partial charge in [0.25, 0.3) is 6.43 Å². The molecule has 1 aromatic rings. The number of halogens is 3. The number of imide groups is 1. The maximum absolute atomic E-state index is 13.8. The first-order valence-corrected chi connectivity index (χ1v) is 9.69. The van der Waals surface area contributed by atoms with Crippen LogP contribution in [0.25, 0.3) is 0 Å². The Morgan fingerprint density at radius 2 is 2.00 bits per heavy atom. The first-order valence-electron chi connectivity index (χ1n) is 9.69. The fourth-order valence-electron chi connectivity index (χ4n) is 3.26. The van der Waals surface area contributed by atoms with Gasteiger partial charge in [0.2, 0.25) is 5.91 Å². The van der Waals surface area contributed by atoms with Gasteiger partial charge in [-0.05, 0) is 43.4 Å². The van der Waals surface area contributed by atoms with Gasteiger partial charge in [0, 0.05) is 13.1 Å². The molecule has 3 rings (SSSR count). The number of ether oxygens (including phenoxy) is 1. The minimum Gasteiger partial charge on any atom is -0.485 e. The summed E-state index contributed by atoms with van der Waals surface area (Å²) in [5.74, 6) is -1.09. The van der Waals surface area contributed by atoms with Crippen molar-refractivity contribution < 1.29 is 27.5 Å². The van der Waals surface area contributed by atoms with Crippen molar-refractivity contribution in [3.8, 4) is 5.75 Å². The van der Waals surface area contributed by atoms with E-state index in [0.717, 1.165) is 37.7 Å². The second kappa shape index (κ2) is 9.45. The third-order valence-corrected chi connectivity index (χ3v) is 5.02. The minimum absolute atomic E-state index is 0.127. The van der Waals surface area contributed by atoms with E-state index in [0.29, 0.717) is 13.1 Å². The number of alkyl halides is 2. The number of nitrogens with one attached hydrogen (secondary N) is 3. The zero-order valence-electron chi connectivity index (χ0n) is 16.0. The Bertz CT molecular complexity index is 743. The van der Waals surface area contributed by atoms with Crippen molar-refractivity contribution in [1.82, 2.24) is 21.1 Å². The van der Waals surface area contributed by atoms with Crippen LogP contribution in [0.15, 0.2) is 18.2 Å². The molecule has 2 aliphatic rings. The number of carbonyl (C=O) groups is 2. The smallest absolute Gasteiger partial charge is 0.324 e. The fourth-order valence-corrected chi connectivity index (χ4v) is 3.26. The van der Waals surface area contributed by atoms with E-state index < -0.39 is 18.8 Å². The Kier molecular flexibility index (Phi) is 6.96. The molecule has 1 aromatic carbocycles. The van der Waals surface area contributed by atoms with Crippen molar-refractivity contribution in [1.29, 1.82) is 0 Å². The number of carbonyl (C=O) groups excluding carboxylic acids is 2. The number of amides is 3. The molecule has 1 saturated heterocycles. The topological polar surface area (TPSA) is 82.7 Å². The molecule has 0 unspecified atom stereocenters. The molecule has 29 heavy (non-hydrogen) atoms. The van der Waals surface area contributed by atoms with Gasteiger partial charge in [-0.2, -0.15) is 0 Å². The molecule has 160 valence electrons. The average Bonchev–Trinajstić information content (AvgIpc) is 3.39. The fraction of sp³-hybridized carbons (Fsp3) is 0.579. The molecule has 10 heteroatoms. The highest BCUT2D eigenvalue weighted by Crippen LogP contribution is 2.46. The van der Waals surface area contributed by atoms with Crippen molar-refractivity contribution in [2.75, 3.05) is 26.2 Å². The SMILES string of the molecule is O=C1CN(CCCCCNNC2(c3ccc(F)c(OCC(F)F)c3)CC2)C(=O)N1. The van der Waals surface area contributed by atoms with Crippen LogP contribution in [0.4, 0.5) is 18.0 Å². The van der Waals surface area contributed by atoms with Gasteiger partial charge in [-0.3, -0.25) is 15.5 Å². The first kappa shape index (κ1) is 21.4. The minimum atomic E-state index is -2.66. The van der Waals surface area contributed by atoms with E-state index in [4.69, 9.17) is 4.74 Å². The molecule has 0 spiro atoms. The number of nitrogens with zero attached hydrogens (tertiary/aromatic N) is 1. The molecule has 1 saturated carbocycles. The van der Waals surface area contributed by atoms with Crippen molar-refractivity contribution in [3.05, 3.63) is 29.6 Å². The molecule has 7 nitrogen and oxygen atoms in total. The lowest BCUT2D eigenvalue weighted by molar-refractivity contribution is -0.118. The predicted octanol–water partition coefficient (Wildman–Crippen LogP) is 2.28. The number of rotatable bonds is 12. The van der Waals surface area contributed by atoms with E-state index in [1.807, 2.05) is 0 Å². The van der Waals surface area contributed by atoms with Gasteiger partial charge in [-0.1, -0.05) is 12.5 Å². The summed E-state index contributed by atoms with van der Waals surface area (Å²) in [6.07, 6.45) is 1.60. The third-order valence-electron chi connectivity index (χ3n) is 5.02. The van der Waals surface area contributed by atoms with Gasteiger partial charge in [0.1, 0.15) is 13.2 Å². The highest BCUT2D eigenvalue weighted by molar-refractivity contribution is 6.01. The van der Waals surface area contributed by atoms with Crippen molar-refractivity contribution in [2.24, 2.45) is 0 Å². The summed E-state index contributed by atoms with van der Waals surface area (Å²) in [7, 11) is 0. The number of benzene rings is 1. The van der Waals surface area contributed by atoms with Crippen LogP contribution < -0.4 is 20.9 Å². The highest BCUT2D eigenvalue weighted by atomic mass is 19.3. The zero-order chi connectivity index (χ0) is 20.9. The van der Waals surface area contributed by atoms with E-state index in [1.165, 1.54) is 17.0 Å². The van der Waals surface area contributed by atoms with Crippen LogP contribution in [0.3, 0.4) is 0 Å². The van der Waals surface area contributed by atoms with Gasteiger partial charge < -0.3 is 9.64 Å². The number of hydrogen-bond donors (Lipinski definition) is 3. The maximum atomic E-state index is 13.8. The number of hydrazine groups is 1. The molecular weight excluding hydrogens is 389 g/mol. The molecule has 0 aromatic heterocycles. The van der Waals surface area contributed by atoms with Gasteiger partial charge in [-0.25, -0.2) is 23.4 Å². The molecule has 0 atom stereocenters. The summed E-state index contributed by atoms with van der Waals surface area (Å²) in [4.78, 5) is 24.0. The monoisotopic (exact) mass is 414 g/mol. The van der Waals surface area contributed by atoms with Gasteiger partial charge in [0.15, 0.2) is 11.6 Å². The zero-order valence-corrected chi connectivity index (χ0v) is 16.0. The lowest BCUT2D eigenvalue weighted by Gasteiger charge is -2.20. The highest BCUT2D eigenvalue weighted by Gasteiger charge is 2.44. The molecular formula is C19H25F3N4O3. The van der Waals surface area contributed by atoms with Crippen molar-refractivity contribution in [2.45, 2.75) is 44.1 Å². The van der Waals surface area contributed by atoms with E-state index >= 15 is 0 Å². The van der Waals surface area contributed by atoms with Crippen LogP contribution >= 0.6 is 0 Å². The molecule has 3 amide bonds. The molecule has 0 bridgehead atoms. The normalized spacial score (nSPS) is 17.7. The molecule has 3 N–H and O–H groups in total. The maximum Gasteiger partial charge on any atom is 0.324 e. The quantitative estimate of drug-likeness (QED) is 0.278. The molecule has 1 heterocycles. The Labute approximate surface area is 166 Å². The number of unbranched alkanes of at least 4 members (excludes halogenated alkanes) is 2. The van der Waals surface area contributed by atoms with Crippen LogP contribution in [-0.4, -0.2) is 49.5 Å². The summed E-state index contributed by atoms with van der Waals surface area (Å²) in [5, 5.41) is 2.24. The number of urea groups is 1. The Morgan fingerprint density at radius 1 is 1.21 bits per heavy atom. The summed E-state index contributed by atoms with van der Waals surface area (Å²) in [6.45, 7) is 0.531. The Morgan fingerprint density at radius 3 is 2.66 bits per heavy atom. The second-order valence-electron chi connectivity index (χ2n) is 7.32. The second-order valence-corrected chi connectivity index (χ2v) is 7.32. The largest absolute Gasteiger partial charge is 0.485 e. The van der Waals surface area contributed by atoms with Crippen LogP contribution in [0.2, 0.25) is 0 Å². The molecule has 2 fully saturated rings. The van der Waals surface area contributed by atoms with E-state index in [1.54, 1.807) is 6.07 Å². The van der Waals surface area contributed by atoms with Crippen LogP contribution in [-0.2, 0) is 10.3 Å². The summed E-state index contributed by atoms with van der Waals surface area (Å²) in [6, 6.07) is 4.01. The molecule has 1 aliphatic carbocycles. The Hall–Kier alpha value is -2.33. The van der Waals surface area contributed by atoms with Crippen molar-refractivity contribution >= 4 is 11.9 Å². The average molecular weight is 414 g/mol. The predicted molar refractivity (Wildman–Crippen MR) is 98.9 cm³/mol. The number of hydrogen-bond acceptors (Lipinski definition) is 5. The van der Waals surface area contributed by atoms with E-state index in [9.17, 15) is 22.8 Å². The van der Waals surface area contributed by atoms with E-state index in [-0.39, 0.29) is 29.8 Å². The summed E-state index contributed by atoms with van der Waals surface area (Å²) >= 11 is 0.